The van der Waals surface area contributed by atoms with Gasteiger partial charge in [-0.15, -0.1) is 0 Å². The fourth-order valence-corrected chi connectivity index (χ4v) is 3.66. The predicted molar refractivity (Wildman–Crippen MR) is 119 cm³/mol. The van der Waals surface area contributed by atoms with Gasteiger partial charge in [0.25, 0.3) is 0 Å². The molecule has 1 unspecified atom stereocenters. The van der Waals surface area contributed by atoms with E-state index in [0.717, 1.165) is 11.7 Å². The van der Waals surface area contributed by atoms with Crippen LogP contribution in [0, 0.1) is 0 Å². The van der Waals surface area contributed by atoms with Crippen molar-refractivity contribution in [2.24, 2.45) is 0 Å². The molecule has 0 bridgehead atoms. The van der Waals surface area contributed by atoms with Gasteiger partial charge in [-0.2, -0.15) is 11.8 Å². The first-order valence-electron chi connectivity index (χ1n) is 10.5. The van der Waals surface area contributed by atoms with Crippen LogP contribution in [0.3, 0.4) is 0 Å². The Morgan fingerprint density at radius 2 is 2.03 bits per heavy atom. The van der Waals surface area contributed by atoms with Gasteiger partial charge in [-0.05, 0) is 74.2 Å². The van der Waals surface area contributed by atoms with Gasteiger partial charge in [-0.3, -0.25) is 4.79 Å². The highest BCUT2D eigenvalue weighted by atomic mass is 32.2. The molecule has 2 fully saturated rings. The molecule has 1 aromatic carbocycles. The van der Waals surface area contributed by atoms with Crippen LogP contribution < -0.4 is 16.0 Å². The summed E-state index contributed by atoms with van der Waals surface area (Å²) in [4.78, 5) is 23.7. The molecule has 1 heterocycles. The zero-order valence-electron chi connectivity index (χ0n) is 17.7. The summed E-state index contributed by atoms with van der Waals surface area (Å²) in [6.07, 6.45) is 7.88. The van der Waals surface area contributed by atoms with Gasteiger partial charge in [0.1, 0.15) is 6.04 Å². The normalized spacial score (nSPS) is 16.5. The molecule has 162 valence electrons. The summed E-state index contributed by atoms with van der Waals surface area (Å²) in [5.41, 5.74) is 2.57. The van der Waals surface area contributed by atoms with Gasteiger partial charge in [-0.1, -0.05) is 24.3 Å². The first kappa shape index (κ1) is 23.7. The van der Waals surface area contributed by atoms with E-state index in [0.29, 0.717) is 13.0 Å². The molecule has 3 N–H and O–H groups in total. The summed E-state index contributed by atoms with van der Waals surface area (Å²) in [5.74, 6) is 0.937. The molecule has 7 heteroatoms. The van der Waals surface area contributed by atoms with Crippen molar-refractivity contribution in [2.75, 3.05) is 38.8 Å². The Morgan fingerprint density at radius 1 is 1.28 bits per heavy atom. The molecule has 3 rings (SSSR count). The maximum atomic E-state index is 12.0. The Kier molecular flexibility index (Phi) is 11.1. The van der Waals surface area contributed by atoms with Gasteiger partial charge in [0.2, 0.25) is 5.91 Å². The van der Waals surface area contributed by atoms with E-state index in [4.69, 9.17) is 4.74 Å². The number of thioether (sulfide) groups is 1. The van der Waals surface area contributed by atoms with Crippen LogP contribution in [0.2, 0.25) is 0 Å². The van der Waals surface area contributed by atoms with Crippen LogP contribution in [-0.2, 0) is 20.9 Å². The molecule has 29 heavy (non-hydrogen) atoms. The molecule has 1 aliphatic carbocycles. The highest BCUT2D eigenvalue weighted by Gasteiger charge is 2.23. The third-order valence-electron chi connectivity index (χ3n) is 5.00. The first-order chi connectivity index (χ1) is 14.1. The number of rotatable bonds is 10. The standard InChI is InChI=1S/C18H26N2O3S.C4H9N/c1-23-18(22)16(8-9-24-2)20-17(21)12-19-11-13-4-3-5-15(10-13)14-6-7-14;1-2-4-5-3-1/h3-5,10,14,16,19H,6-9,11-12H2,1-2H3,(H,20,21);5H,1-4H2. The molecule has 1 saturated carbocycles. The highest BCUT2D eigenvalue weighted by molar-refractivity contribution is 7.98. The largest absolute Gasteiger partial charge is 0.467 e. The Bertz CT molecular complexity index is 626. The molecular weight excluding hydrogens is 386 g/mol. The third kappa shape index (κ3) is 9.65. The van der Waals surface area contributed by atoms with Crippen LogP contribution in [-0.4, -0.2) is 56.7 Å². The predicted octanol–water partition coefficient (Wildman–Crippen LogP) is 2.43. The van der Waals surface area contributed by atoms with Gasteiger partial charge >= 0.3 is 5.97 Å². The number of amides is 1. The number of methoxy groups -OCH3 is 1. The van der Waals surface area contributed by atoms with Crippen molar-refractivity contribution in [2.45, 2.75) is 50.6 Å². The van der Waals surface area contributed by atoms with Gasteiger partial charge in [-0.25, -0.2) is 4.79 Å². The van der Waals surface area contributed by atoms with E-state index in [1.54, 1.807) is 11.8 Å². The number of nitrogens with one attached hydrogen (secondary N) is 3. The van der Waals surface area contributed by atoms with Crippen molar-refractivity contribution in [3.63, 3.8) is 0 Å². The molecular formula is C22H35N3O3S. The van der Waals surface area contributed by atoms with Crippen molar-refractivity contribution >= 4 is 23.6 Å². The lowest BCUT2D eigenvalue weighted by Gasteiger charge is -2.16. The quantitative estimate of drug-likeness (QED) is 0.504. The molecule has 2 aliphatic rings. The van der Waals surface area contributed by atoms with Crippen molar-refractivity contribution < 1.29 is 14.3 Å². The maximum Gasteiger partial charge on any atom is 0.328 e. The molecule has 1 aliphatic heterocycles. The van der Waals surface area contributed by atoms with Crippen LogP contribution >= 0.6 is 11.8 Å². The summed E-state index contributed by atoms with van der Waals surface area (Å²) < 4.78 is 4.74. The zero-order chi connectivity index (χ0) is 20.9. The third-order valence-corrected chi connectivity index (χ3v) is 5.65. The van der Waals surface area contributed by atoms with Gasteiger partial charge in [0.05, 0.1) is 13.7 Å². The summed E-state index contributed by atoms with van der Waals surface area (Å²) in [5, 5.41) is 9.10. The highest BCUT2D eigenvalue weighted by Crippen LogP contribution is 2.40. The second kappa shape index (κ2) is 13.6. The second-order valence-corrected chi connectivity index (χ2v) is 8.49. The molecule has 0 aromatic heterocycles. The van der Waals surface area contributed by atoms with E-state index < -0.39 is 12.0 Å². The van der Waals surface area contributed by atoms with Gasteiger partial charge < -0.3 is 20.7 Å². The zero-order valence-corrected chi connectivity index (χ0v) is 18.5. The monoisotopic (exact) mass is 421 g/mol. The summed E-state index contributed by atoms with van der Waals surface area (Å²) in [7, 11) is 1.34. The van der Waals surface area contributed by atoms with E-state index in [-0.39, 0.29) is 12.5 Å². The lowest BCUT2D eigenvalue weighted by molar-refractivity contribution is -0.145. The Labute approximate surface area is 178 Å². The SMILES string of the molecule is C1CCNC1.COC(=O)C(CCSC)NC(=O)CNCc1cccc(C2CC2)c1. The van der Waals surface area contributed by atoms with Crippen LogP contribution in [0.25, 0.3) is 0 Å². The molecule has 1 saturated heterocycles. The minimum absolute atomic E-state index is 0.181. The van der Waals surface area contributed by atoms with Crippen molar-refractivity contribution in [3.8, 4) is 0 Å². The van der Waals surface area contributed by atoms with Gasteiger partial charge in [0, 0.05) is 6.54 Å². The summed E-state index contributed by atoms with van der Waals surface area (Å²) in [6, 6.07) is 7.93. The molecule has 1 aromatic rings. The van der Waals surface area contributed by atoms with E-state index in [9.17, 15) is 9.59 Å². The van der Waals surface area contributed by atoms with Crippen LogP contribution in [0.4, 0.5) is 0 Å². The first-order valence-corrected chi connectivity index (χ1v) is 11.9. The van der Waals surface area contributed by atoms with Crippen LogP contribution in [0.15, 0.2) is 24.3 Å². The smallest absolute Gasteiger partial charge is 0.328 e. The number of carbonyl (C=O) groups is 2. The number of hydrogen-bond donors (Lipinski definition) is 3. The van der Waals surface area contributed by atoms with Crippen LogP contribution in [0.5, 0.6) is 0 Å². The lowest BCUT2D eigenvalue weighted by atomic mass is 10.1. The molecule has 0 radical (unpaired) electrons. The second-order valence-electron chi connectivity index (χ2n) is 7.50. The van der Waals surface area contributed by atoms with E-state index >= 15 is 0 Å². The van der Waals surface area contributed by atoms with Crippen molar-refractivity contribution in [1.82, 2.24) is 16.0 Å². The summed E-state index contributed by atoms with van der Waals surface area (Å²) in [6.45, 7) is 3.32. The molecule has 1 amide bonds. The minimum Gasteiger partial charge on any atom is -0.467 e. The average molecular weight is 422 g/mol. The number of ether oxygens (including phenoxy) is 1. The van der Waals surface area contributed by atoms with E-state index in [1.807, 2.05) is 6.26 Å². The summed E-state index contributed by atoms with van der Waals surface area (Å²) >= 11 is 1.63. The minimum atomic E-state index is -0.574. The number of carbonyl (C=O) groups excluding carboxylic acids is 2. The molecule has 1 atom stereocenters. The van der Waals surface area contributed by atoms with Gasteiger partial charge in [0.15, 0.2) is 0 Å². The number of esters is 1. The van der Waals surface area contributed by atoms with E-state index in [1.165, 1.54) is 57.0 Å². The number of benzene rings is 1. The number of hydrogen-bond acceptors (Lipinski definition) is 6. The lowest BCUT2D eigenvalue weighted by Crippen LogP contribution is -2.45. The fourth-order valence-electron chi connectivity index (χ4n) is 3.19. The Hall–Kier alpha value is -1.57. The van der Waals surface area contributed by atoms with Crippen molar-refractivity contribution in [1.29, 1.82) is 0 Å². The molecule has 0 spiro atoms. The maximum absolute atomic E-state index is 12.0. The Balaban J connectivity index is 0.000000521. The average Bonchev–Trinajstić information content (AvgIpc) is 3.41. The Morgan fingerprint density at radius 3 is 2.62 bits per heavy atom. The van der Waals surface area contributed by atoms with E-state index in [2.05, 4.69) is 40.2 Å². The fraction of sp³-hybridized carbons (Fsp3) is 0.636. The topological polar surface area (TPSA) is 79.5 Å². The van der Waals surface area contributed by atoms with Crippen LogP contribution in [0.1, 0.15) is 49.1 Å². The van der Waals surface area contributed by atoms with Crippen molar-refractivity contribution in [3.05, 3.63) is 35.4 Å². The molecule has 6 nitrogen and oxygen atoms in total.